The van der Waals surface area contributed by atoms with E-state index in [-0.39, 0.29) is 23.1 Å². The number of rotatable bonds is 18. The zero-order chi connectivity index (χ0) is 45.7. The van der Waals surface area contributed by atoms with E-state index in [9.17, 15) is 19.8 Å². The molecule has 0 spiro atoms. The number of H-pyrrole nitrogens is 4. The second kappa shape index (κ2) is 19.7. The Kier molecular flexibility index (Phi) is 13.9. The standard InChI is InChI=1S/C56H62N4O4/c1-9-37-41(13-5)53(57-49(37)33-24-19-17-20-25-33)45(61)31-47(63)55-43(15-7)39(11-3)51(59-55)35-28-23-29-36(30-35)52-40(12-4)44(16-8)56(60-52)48(64)32-46(62)54-42(14-6)38(10-2)50(58-54)34-26-21-18-22-27-34/h17-32,57-62H,9-16H2,1-8H3/b45-31-,46-32-. The molecule has 330 valence electrons. The molecule has 4 aromatic heterocycles. The van der Waals surface area contributed by atoms with Crippen molar-refractivity contribution in [1.29, 1.82) is 0 Å². The van der Waals surface area contributed by atoms with Crippen LogP contribution >= 0.6 is 0 Å². The maximum absolute atomic E-state index is 14.2. The van der Waals surface area contributed by atoms with Gasteiger partial charge >= 0.3 is 0 Å². The molecule has 0 atom stereocenters. The summed E-state index contributed by atoms with van der Waals surface area (Å²) in [5.41, 5.74) is 17.8. The zero-order valence-electron chi connectivity index (χ0n) is 38.6. The largest absolute Gasteiger partial charge is 0.506 e. The highest BCUT2D eigenvalue weighted by molar-refractivity contribution is 6.09. The summed E-state index contributed by atoms with van der Waals surface area (Å²) < 4.78 is 0. The van der Waals surface area contributed by atoms with Gasteiger partial charge in [-0.3, -0.25) is 9.59 Å². The summed E-state index contributed by atoms with van der Waals surface area (Å²) in [7, 11) is 0. The van der Waals surface area contributed by atoms with Crippen LogP contribution in [0.15, 0.2) is 97.1 Å². The molecule has 0 amide bonds. The van der Waals surface area contributed by atoms with Gasteiger partial charge in [-0.15, -0.1) is 0 Å². The van der Waals surface area contributed by atoms with Crippen molar-refractivity contribution in [3.8, 4) is 45.0 Å². The highest BCUT2D eigenvalue weighted by atomic mass is 16.3. The molecule has 7 rings (SSSR count). The number of aromatic nitrogens is 4. The molecule has 8 nitrogen and oxygen atoms in total. The molecule has 0 unspecified atom stereocenters. The van der Waals surface area contributed by atoms with Gasteiger partial charge in [-0.2, -0.15) is 0 Å². The van der Waals surface area contributed by atoms with Crippen molar-refractivity contribution in [2.45, 2.75) is 107 Å². The summed E-state index contributed by atoms with van der Waals surface area (Å²) >= 11 is 0. The number of ketones is 2. The fourth-order valence-electron chi connectivity index (χ4n) is 9.85. The van der Waals surface area contributed by atoms with Crippen molar-refractivity contribution in [1.82, 2.24) is 19.9 Å². The number of carbonyl (C=O) groups is 2. The van der Waals surface area contributed by atoms with Gasteiger partial charge in [-0.25, -0.2) is 0 Å². The second-order valence-corrected chi connectivity index (χ2v) is 16.3. The number of benzene rings is 3. The summed E-state index contributed by atoms with van der Waals surface area (Å²) in [6.07, 6.45) is 8.33. The third kappa shape index (κ3) is 8.37. The van der Waals surface area contributed by atoms with Gasteiger partial charge in [0.05, 0.1) is 22.8 Å². The maximum atomic E-state index is 14.2. The van der Waals surface area contributed by atoms with Gasteiger partial charge in [0.25, 0.3) is 0 Å². The summed E-state index contributed by atoms with van der Waals surface area (Å²) in [5, 5.41) is 23.2. The van der Waals surface area contributed by atoms with Gasteiger partial charge in [0.15, 0.2) is 0 Å². The first-order valence-electron chi connectivity index (χ1n) is 23.1. The third-order valence-electron chi connectivity index (χ3n) is 12.8. The second-order valence-electron chi connectivity index (χ2n) is 16.3. The lowest BCUT2D eigenvalue weighted by atomic mass is 9.95. The fraction of sp³-hybridized carbons (Fsp3) is 0.286. The van der Waals surface area contributed by atoms with Crippen molar-refractivity contribution in [2.75, 3.05) is 0 Å². The Morgan fingerprint density at radius 2 is 0.641 bits per heavy atom. The van der Waals surface area contributed by atoms with Crippen molar-refractivity contribution < 1.29 is 19.8 Å². The predicted octanol–water partition coefficient (Wildman–Crippen LogP) is 13.7. The molecule has 64 heavy (non-hydrogen) atoms. The molecule has 0 radical (unpaired) electrons. The molecule has 0 aliphatic carbocycles. The smallest absolute Gasteiger partial charge is 0.206 e. The number of carbonyl (C=O) groups excluding carboxylic acids is 2. The number of nitrogens with one attached hydrogen (secondary N) is 4. The number of aliphatic hydroxyl groups is 2. The normalized spacial score (nSPS) is 12.1. The molecule has 0 aliphatic rings. The van der Waals surface area contributed by atoms with E-state index in [1.165, 1.54) is 12.2 Å². The Morgan fingerprint density at radius 3 is 0.953 bits per heavy atom. The van der Waals surface area contributed by atoms with Gasteiger partial charge in [0.2, 0.25) is 11.6 Å². The average molecular weight is 855 g/mol. The molecule has 0 aliphatic heterocycles. The van der Waals surface area contributed by atoms with Crippen LogP contribution in [0, 0.1) is 0 Å². The van der Waals surface area contributed by atoms with Crippen molar-refractivity contribution in [3.63, 3.8) is 0 Å². The minimum Gasteiger partial charge on any atom is -0.506 e. The predicted molar refractivity (Wildman–Crippen MR) is 263 cm³/mol. The molecule has 4 heterocycles. The summed E-state index contributed by atoms with van der Waals surface area (Å²) in [6.45, 7) is 16.7. The van der Waals surface area contributed by atoms with Crippen LogP contribution in [-0.4, -0.2) is 41.7 Å². The van der Waals surface area contributed by atoms with E-state index >= 15 is 0 Å². The van der Waals surface area contributed by atoms with Crippen LogP contribution < -0.4 is 0 Å². The number of hydrogen-bond donors (Lipinski definition) is 6. The Bertz CT molecular complexity index is 2670. The molecule has 8 heteroatoms. The van der Waals surface area contributed by atoms with E-state index in [1.807, 2.05) is 54.6 Å². The van der Waals surface area contributed by atoms with E-state index in [0.29, 0.717) is 61.3 Å². The summed E-state index contributed by atoms with van der Waals surface area (Å²) in [4.78, 5) is 42.4. The summed E-state index contributed by atoms with van der Waals surface area (Å²) in [6, 6.07) is 28.4. The average Bonchev–Trinajstić information content (AvgIpc) is 4.11. The lowest BCUT2D eigenvalue weighted by molar-refractivity contribution is 0.103. The molecule has 0 saturated heterocycles. The first-order chi connectivity index (χ1) is 31.1. The quantitative estimate of drug-likeness (QED) is 0.0291. The van der Waals surface area contributed by atoms with E-state index in [4.69, 9.17) is 0 Å². The monoisotopic (exact) mass is 854 g/mol. The van der Waals surface area contributed by atoms with E-state index in [0.717, 1.165) is 102 Å². The fourth-order valence-corrected chi connectivity index (χ4v) is 9.85. The Balaban J connectivity index is 1.24. The van der Waals surface area contributed by atoms with Gasteiger partial charge in [-0.05, 0) is 124 Å². The Hall–Kier alpha value is -6.80. The van der Waals surface area contributed by atoms with E-state index in [2.05, 4.69) is 106 Å². The third-order valence-corrected chi connectivity index (χ3v) is 12.8. The molecule has 0 fully saturated rings. The zero-order valence-corrected chi connectivity index (χ0v) is 38.6. The van der Waals surface area contributed by atoms with Gasteiger partial charge < -0.3 is 30.1 Å². The molecule has 0 saturated carbocycles. The van der Waals surface area contributed by atoms with Crippen LogP contribution in [-0.2, 0) is 51.4 Å². The molecular weight excluding hydrogens is 793 g/mol. The highest BCUT2D eigenvalue weighted by Gasteiger charge is 2.26. The number of aliphatic hydroxyl groups excluding tert-OH is 2. The van der Waals surface area contributed by atoms with Crippen LogP contribution in [0.1, 0.15) is 132 Å². The highest BCUT2D eigenvalue weighted by Crippen LogP contribution is 2.38. The Morgan fingerprint density at radius 1 is 0.375 bits per heavy atom. The number of allylic oxidation sites excluding steroid dienone is 2. The van der Waals surface area contributed by atoms with E-state index < -0.39 is 0 Å². The van der Waals surface area contributed by atoms with Crippen molar-refractivity contribution in [3.05, 3.63) is 164 Å². The minimum atomic E-state index is -0.292. The topological polar surface area (TPSA) is 138 Å². The number of aromatic amines is 4. The molecule has 6 N–H and O–H groups in total. The summed E-state index contributed by atoms with van der Waals surface area (Å²) in [5.74, 6) is -0.755. The van der Waals surface area contributed by atoms with Crippen LogP contribution in [0.2, 0.25) is 0 Å². The number of hydrogen-bond acceptors (Lipinski definition) is 4. The molecule has 0 bridgehead atoms. The first kappa shape index (κ1) is 45.2. The van der Waals surface area contributed by atoms with Gasteiger partial charge in [0.1, 0.15) is 11.5 Å². The van der Waals surface area contributed by atoms with Crippen LogP contribution in [0.25, 0.3) is 56.5 Å². The van der Waals surface area contributed by atoms with Crippen LogP contribution in [0.3, 0.4) is 0 Å². The molecule has 3 aromatic carbocycles. The van der Waals surface area contributed by atoms with Crippen LogP contribution in [0.5, 0.6) is 0 Å². The van der Waals surface area contributed by atoms with Gasteiger partial charge in [0, 0.05) is 34.9 Å². The van der Waals surface area contributed by atoms with Gasteiger partial charge in [-0.1, -0.05) is 134 Å². The SMILES string of the molecule is CCc1c(C(=O)/C=C(\O)c2[nH]c(-c3ccccc3)c(CC)c2CC)[nH]c(-c2cccc(-c3[nH]c(C(=O)/C=C(\O)c4[nH]c(-c5ccccc5)c(CC)c4CC)c(CC)c3CC)c2)c1CC. The van der Waals surface area contributed by atoms with Crippen molar-refractivity contribution >= 4 is 23.1 Å². The lowest BCUT2D eigenvalue weighted by Gasteiger charge is -2.08. The Labute approximate surface area is 377 Å². The minimum absolute atomic E-state index is 0.0857. The van der Waals surface area contributed by atoms with Crippen LogP contribution in [0.4, 0.5) is 0 Å². The van der Waals surface area contributed by atoms with E-state index in [1.54, 1.807) is 0 Å². The molecular formula is C56H62N4O4. The lowest BCUT2D eigenvalue weighted by Crippen LogP contribution is -2.02. The molecule has 7 aromatic rings. The van der Waals surface area contributed by atoms with Crippen molar-refractivity contribution in [2.24, 2.45) is 0 Å². The maximum Gasteiger partial charge on any atom is 0.206 e. The first-order valence-corrected chi connectivity index (χ1v) is 23.1.